The number of hydrogen-bond donors (Lipinski definition) is 1. The molecular formula is C19H30BrN. The summed E-state index contributed by atoms with van der Waals surface area (Å²) in [7, 11) is 0. The Hall–Kier alpha value is -0.340. The molecule has 2 heteroatoms. The average Bonchev–Trinajstić information content (AvgIpc) is 2.44. The molecule has 3 unspecified atom stereocenters. The van der Waals surface area contributed by atoms with Crippen molar-refractivity contribution in [1.29, 1.82) is 0 Å². The summed E-state index contributed by atoms with van der Waals surface area (Å²) in [6, 6.07) is 9.88. The maximum Gasteiger partial charge on any atom is 0.0320 e. The Morgan fingerprint density at radius 2 is 1.95 bits per heavy atom. The van der Waals surface area contributed by atoms with Crippen LogP contribution in [0.2, 0.25) is 0 Å². The zero-order valence-corrected chi connectivity index (χ0v) is 15.5. The first kappa shape index (κ1) is 17.0. The SMILES string of the molecule is CCC(NC1CCCCC1C(C)(C)C)c1cccc(Br)c1. The molecule has 0 radical (unpaired) electrons. The molecule has 0 spiro atoms. The second-order valence-corrected chi connectivity index (χ2v) is 8.46. The van der Waals surface area contributed by atoms with Crippen molar-refractivity contribution in [2.24, 2.45) is 11.3 Å². The molecule has 1 aliphatic rings. The molecule has 1 fully saturated rings. The van der Waals surface area contributed by atoms with E-state index in [1.54, 1.807) is 0 Å². The van der Waals surface area contributed by atoms with Gasteiger partial charge in [-0.1, -0.05) is 68.6 Å². The predicted molar refractivity (Wildman–Crippen MR) is 95.5 cm³/mol. The van der Waals surface area contributed by atoms with Gasteiger partial charge in [0.2, 0.25) is 0 Å². The summed E-state index contributed by atoms with van der Waals surface area (Å²) in [6.07, 6.45) is 6.61. The van der Waals surface area contributed by atoms with E-state index < -0.39 is 0 Å². The zero-order chi connectivity index (χ0) is 15.5. The first-order valence-corrected chi connectivity index (χ1v) is 9.22. The first-order chi connectivity index (χ1) is 9.91. The Bertz CT molecular complexity index is 449. The Kier molecular flexibility index (Phi) is 5.90. The second-order valence-electron chi connectivity index (χ2n) is 7.55. The fourth-order valence-electron chi connectivity index (χ4n) is 3.80. The van der Waals surface area contributed by atoms with E-state index in [-0.39, 0.29) is 0 Å². The summed E-state index contributed by atoms with van der Waals surface area (Å²) in [5.41, 5.74) is 1.80. The lowest BCUT2D eigenvalue weighted by Crippen LogP contribution is -2.45. The molecule has 1 aromatic rings. The van der Waals surface area contributed by atoms with Gasteiger partial charge in [-0.2, -0.15) is 0 Å². The van der Waals surface area contributed by atoms with Crippen LogP contribution in [0.5, 0.6) is 0 Å². The number of hydrogen-bond acceptors (Lipinski definition) is 1. The third-order valence-electron chi connectivity index (χ3n) is 4.95. The highest BCUT2D eigenvalue weighted by Crippen LogP contribution is 2.39. The fourth-order valence-corrected chi connectivity index (χ4v) is 4.22. The van der Waals surface area contributed by atoms with Crippen molar-refractivity contribution in [3.05, 3.63) is 34.3 Å². The van der Waals surface area contributed by atoms with Crippen molar-refractivity contribution in [2.45, 2.75) is 71.9 Å². The molecule has 0 bridgehead atoms. The van der Waals surface area contributed by atoms with Crippen LogP contribution in [0, 0.1) is 11.3 Å². The van der Waals surface area contributed by atoms with Gasteiger partial charge < -0.3 is 5.32 Å². The highest BCUT2D eigenvalue weighted by atomic mass is 79.9. The molecule has 21 heavy (non-hydrogen) atoms. The molecule has 118 valence electrons. The quantitative estimate of drug-likeness (QED) is 0.691. The van der Waals surface area contributed by atoms with E-state index in [4.69, 9.17) is 0 Å². The van der Waals surface area contributed by atoms with E-state index in [1.165, 1.54) is 35.7 Å². The number of rotatable bonds is 4. The molecule has 1 nitrogen and oxygen atoms in total. The monoisotopic (exact) mass is 351 g/mol. The number of halogens is 1. The van der Waals surface area contributed by atoms with Crippen LogP contribution in [0.25, 0.3) is 0 Å². The van der Waals surface area contributed by atoms with Crippen LogP contribution in [0.15, 0.2) is 28.7 Å². The van der Waals surface area contributed by atoms with Crippen LogP contribution in [0.3, 0.4) is 0 Å². The third-order valence-corrected chi connectivity index (χ3v) is 5.45. The predicted octanol–water partition coefficient (Wildman–Crippen LogP) is 6.09. The highest BCUT2D eigenvalue weighted by Gasteiger charge is 2.34. The third kappa shape index (κ3) is 4.56. The largest absolute Gasteiger partial charge is 0.307 e. The summed E-state index contributed by atoms with van der Waals surface area (Å²) < 4.78 is 1.18. The van der Waals surface area contributed by atoms with E-state index >= 15 is 0 Å². The van der Waals surface area contributed by atoms with Crippen LogP contribution in [0.1, 0.15) is 71.4 Å². The van der Waals surface area contributed by atoms with Crippen molar-refractivity contribution >= 4 is 15.9 Å². The van der Waals surface area contributed by atoms with Gasteiger partial charge in [-0.05, 0) is 48.3 Å². The van der Waals surface area contributed by atoms with E-state index in [0.29, 0.717) is 17.5 Å². The summed E-state index contributed by atoms with van der Waals surface area (Å²) in [5.74, 6) is 0.785. The van der Waals surface area contributed by atoms with Crippen molar-refractivity contribution in [3.63, 3.8) is 0 Å². The fraction of sp³-hybridized carbons (Fsp3) is 0.684. The molecule has 1 N–H and O–H groups in total. The molecule has 3 atom stereocenters. The van der Waals surface area contributed by atoms with Crippen LogP contribution in [-0.4, -0.2) is 6.04 Å². The van der Waals surface area contributed by atoms with Gasteiger partial charge in [0, 0.05) is 16.6 Å². The maximum atomic E-state index is 3.98. The lowest BCUT2D eigenvalue weighted by atomic mass is 9.69. The van der Waals surface area contributed by atoms with Crippen LogP contribution in [-0.2, 0) is 0 Å². The van der Waals surface area contributed by atoms with Gasteiger partial charge in [0.05, 0.1) is 0 Å². The summed E-state index contributed by atoms with van der Waals surface area (Å²) in [4.78, 5) is 0. The molecular weight excluding hydrogens is 322 g/mol. The molecule has 0 heterocycles. The van der Waals surface area contributed by atoms with Gasteiger partial charge in [-0.15, -0.1) is 0 Å². The zero-order valence-electron chi connectivity index (χ0n) is 14.0. The second kappa shape index (κ2) is 7.28. The normalized spacial score (nSPS) is 24.8. The number of nitrogens with one attached hydrogen (secondary N) is 1. The molecule has 0 amide bonds. The lowest BCUT2D eigenvalue weighted by Gasteiger charge is -2.42. The van der Waals surface area contributed by atoms with Gasteiger partial charge in [0.25, 0.3) is 0 Å². The van der Waals surface area contributed by atoms with E-state index in [1.807, 2.05) is 0 Å². The van der Waals surface area contributed by atoms with Crippen LogP contribution >= 0.6 is 15.9 Å². The van der Waals surface area contributed by atoms with Crippen molar-refractivity contribution in [3.8, 4) is 0 Å². The molecule has 1 aliphatic carbocycles. The minimum Gasteiger partial charge on any atom is -0.307 e. The van der Waals surface area contributed by atoms with E-state index in [2.05, 4.69) is 73.2 Å². The first-order valence-electron chi connectivity index (χ1n) is 8.43. The minimum atomic E-state index is 0.396. The van der Waals surface area contributed by atoms with Gasteiger partial charge in [0.15, 0.2) is 0 Å². The van der Waals surface area contributed by atoms with Gasteiger partial charge in [-0.3, -0.25) is 0 Å². The standard InChI is InChI=1S/C19H30BrN/c1-5-17(14-9-8-10-15(20)13-14)21-18-12-7-6-11-16(18)19(2,3)4/h8-10,13,16-18,21H,5-7,11-12H2,1-4H3. The van der Waals surface area contributed by atoms with Crippen LogP contribution in [0.4, 0.5) is 0 Å². The van der Waals surface area contributed by atoms with Gasteiger partial charge >= 0.3 is 0 Å². The number of benzene rings is 1. The summed E-state index contributed by atoms with van der Waals surface area (Å²) in [6.45, 7) is 9.49. The van der Waals surface area contributed by atoms with Crippen LogP contribution < -0.4 is 5.32 Å². The van der Waals surface area contributed by atoms with E-state index in [9.17, 15) is 0 Å². The van der Waals surface area contributed by atoms with Crippen molar-refractivity contribution < 1.29 is 0 Å². The van der Waals surface area contributed by atoms with Gasteiger partial charge in [0.1, 0.15) is 0 Å². The minimum absolute atomic E-state index is 0.396. The maximum absolute atomic E-state index is 3.98. The van der Waals surface area contributed by atoms with E-state index in [0.717, 1.165) is 12.3 Å². The smallest absolute Gasteiger partial charge is 0.0320 e. The Morgan fingerprint density at radius 3 is 2.57 bits per heavy atom. The molecule has 0 saturated heterocycles. The Morgan fingerprint density at radius 1 is 1.24 bits per heavy atom. The average molecular weight is 352 g/mol. The van der Waals surface area contributed by atoms with Gasteiger partial charge in [-0.25, -0.2) is 0 Å². The van der Waals surface area contributed by atoms with Crippen molar-refractivity contribution in [1.82, 2.24) is 5.32 Å². The Labute approximate surface area is 139 Å². The topological polar surface area (TPSA) is 12.0 Å². The molecule has 0 aromatic heterocycles. The molecule has 1 aromatic carbocycles. The molecule has 1 saturated carbocycles. The lowest BCUT2D eigenvalue weighted by molar-refractivity contribution is 0.122. The molecule has 0 aliphatic heterocycles. The molecule has 2 rings (SSSR count). The summed E-state index contributed by atoms with van der Waals surface area (Å²) >= 11 is 3.60. The van der Waals surface area contributed by atoms with Crippen molar-refractivity contribution in [2.75, 3.05) is 0 Å². The highest BCUT2D eigenvalue weighted by molar-refractivity contribution is 9.10. The Balaban J connectivity index is 2.13. The summed E-state index contributed by atoms with van der Waals surface area (Å²) in [5, 5.41) is 3.98.